The summed E-state index contributed by atoms with van der Waals surface area (Å²) in [6.45, 7) is 0. The second kappa shape index (κ2) is 11.5. The Labute approximate surface area is 332 Å². The highest BCUT2D eigenvalue weighted by molar-refractivity contribution is 7.26. The number of hydrogen-bond acceptors (Lipinski definition) is 4. The van der Waals surface area contributed by atoms with Crippen molar-refractivity contribution in [3.8, 4) is 45.3 Å². The first-order chi connectivity index (χ1) is 28.3. The molecule has 1 aliphatic carbocycles. The van der Waals surface area contributed by atoms with E-state index in [-0.39, 0.29) is 0 Å². The van der Waals surface area contributed by atoms with Gasteiger partial charge in [-0.15, -0.1) is 11.3 Å². The summed E-state index contributed by atoms with van der Waals surface area (Å²) in [6.07, 6.45) is 0. The summed E-state index contributed by atoms with van der Waals surface area (Å²) >= 11 is 1.78. The molecule has 13 rings (SSSR count). The van der Waals surface area contributed by atoms with Crippen molar-refractivity contribution in [2.24, 2.45) is 0 Å². The first kappa shape index (κ1) is 31.1. The van der Waals surface area contributed by atoms with E-state index >= 15 is 0 Å². The summed E-state index contributed by atoms with van der Waals surface area (Å²) in [5.41, 5.74) is 10.8. The molecule has 0 N–H and O–H groups in total. The SMILES string of the molecule is c1ccc2c(c1)Oc1ccccc1C21c2ccc(-c3nc(-c4cc5ccccc5c5ccccc45)nc4c3sc3ccccc34)cc2-c2c1ccc1ccccc21. The van der Waals surface area contributed by atoms with Gasteiger partial charge in [-0.3, -0.25) is 0 Å². The van der Waals surface area contributed by atoms with Crippen molar-refractivity contribution in [3.63, 3.8) is 0 Å². The molecule has 9 aromatic carbocycles. The van der Waals surface area contributed by atoms with Gasteiger partial charge in [-0.05, 0) is 84.9 Å². The average molecular weight is 743 g/mol. The highest BCUT2D eigenvalue weighted by Gasteiger charge is 2.51. The van der Waals surface area contributed by atoms with Crippen LogP contribution in [-0.4, -0.2) is 9.97 Å². The summed E-state index contributed by atoms with van der Waals surface area (Å²) in [5, 5.41) is 8.37. The Hall–Kier alpha value is -7.14. The number of hydrogen-bond donors (Lipinski definition) is 0. The molecule has 1 aliphatic heterocycles. The average Bonchev–Trinajstić information content (AvgIpc) is 3.80. The van der Waals surface area contributed by atoms with E-state index in [0.29, 0.717) is 0 Å². The van der Waals surface area contributed by atoms with Gasteiger partial charge in [0.05, 0.1) is 21.3 Å². The van der Waals surface area contributed by atoms with Crippen LogP contribution in [0.2, 0.25) is 0 Å². The maximum atomic E-state index is 6.65. The van der Waals surface area contributed by atoms with Crippen LogP contribution in [0, 0.1) is 0 Å². The normalized spacial score (nSPS) is 13.5. The van der Waals surface area contributed by atoms with Gasteiger partial charge in [-0.1, -0.05) is 152 Å². The van der Waals surface area contributed by atoms with Crippen LogP contribution in [0.1, 0.15) is 22.3 Å². The summed E-state index contributed by atoms with van der Waals surface area (Å²) in [5.74, 6) is 2.52. The first-order valence-electron chi connectivity index (χ1n) is 19.4. The maximum Gasteiger partial charge on any atom is 0.161 e. The third kappa shape index (κ3) is 4.15. The molecule has 0 bridgehead atoms. The van der Waals surface area contributed by atoms with Crippen LogP contribution >= 0.6 is 11.3 Å². The van der Waals surface area contributed by atoms with Crippen LogP contribution in [0.25, 0.3) is 86.4 Å². The minimum absolute atomic E-state index is 0.563. The molecular formula is C53H30N2OS. The lowest BCUT2D eigenvalue weighted by Crippen LogP contribution is -2.32. The van der Waals surface area contributed by atoms with E-state index in [9.17, 15) is 0 Å². The summed E-state index contributed by atoms with van der Waals surface area (Å²) in [7, 11) is 0. The predicted molar refractivity (Wildman–Crippen MR) is 236 cm³/mol. The molecule has 11 aromatic rings. The fraction of sp³-hybridized carbons (Fsp3) is 0.0189. The van der Waals surface area contributed by atoms with Crippen molar-refractivity contribution >= 4 is 64.0 Å². The molecule has 0 unspecified atom stereocenters. The molecule has 0 amide bonds. The summed E-state index contributed by atoms with van der Waals surface area (Å²) in [4.78, 5) is 11.0. The van der Waals surface area contributed by atoms with E-state index in [0.717, 1.165) is 66.3 Å². The van der Waals surface area contributed by atoms with Gasteiger partial charge < -0.3 is 4.74 Å². The zero-order chi connectivity index (χ0) is 37.2. The molecule has 0 saturated heterocycles. The Kier molecular flexibility index (Phi) is 6.25. The van der Waals surface area contributed by atoms with Gasteiger partial charge in [0.15, 0.2) is 5.82 Å². The second-order valence-corrected chi connectivity index (χ2v) is 16.2. The molecular weight excluding hydrogens is 713 g/mol. The number of thiophene rings is 1. The van der Waals surface area contributed by atoms with Crippen LogP contribution in [0.3, 0.4) is 0 Å². The quantitative estimate of drug-likeness (QED) is 0.165. The third-order valence-electron chi connectivity index (χ3n) is 12.3. The fourth-order valence-electron chi connectivity index (χ4n) is 9.97. The van der Waals surface area contributed by atoms with E-state index in [2.05, 4.69) is 182 Å². The van der Waals surface area contributed by atoms with E-state index < -0.39 is 5.41 Å². The second-order valence-electron chi connectivity index (χ2n) is 15.2. The highest BCUT2D eigenvalue weighted by atomic mass is 32.1. The van der Waals surface area contributed by atoms with E-state index in [1.807, 2.05) is 0 Å². The number of rotatable bonds is 2. The van der Waals surface area contributed by atoms with Gasteiger partial charge in [-0.2, -0.15) is 0 Å². The van der Waals surface area contributed by atoms with Gasteiger partial charge in [0.1, 0.15) is 11.5 Å². The van der Waals surface area contributed by atoms with E-state index in [4.69, 9.17) is 14.7 Å². The van der Waals surface area contributed by atoms with Crippen molar-refractivity contribution < 1.29 is 4.74 Å². The van der Waals surface area contributed by atoms with Gasteiger partial charge in [0, 0.05) is 32.3 Å². The zero-order valence-corrected chi connectivity index (χ0v) is 31.3. The topological polar surface area (TPSA) is 35.0 Å². The number of benzene rings is 9. The lowest BCUT2D eigenvalue weighted by Gasteiger charge is -2.39. The first-order valence-corrected chi connectivity index (χ1v) is 20.2. The lowest BCUT2D eigenvalue weighted by atomic mass is 9.66. The molecule has 0 atom stereocenters. The van der Waals surface area contributed by atoms with Crippen LogP contribution in [0.5, 0.6) is 11.5 Å². The number of ether oxygens (including phenoxy) is 1. The predicted octanol–water partition coefficient (Wildman–Crippen LogP) is 14.1. The van der Waals surface area contributed by atoms with Crippen molar-refractivity contribution in [2.45, 2.75) is 5.41 Å². The Morgan fingerprint density at radius 3 is 1.88 bits per heavy atom. The van der Waals surface area contributed by atoms with Crippen molar-refractivity contribution in [1.82, 2.24) is 9.97 Å². The lowest BCUT2D eigenvalue weighted by molar-refractivity contribution is 0.436. The summed E-state index contributed by atoms with van der Waals surface area (Å²) in [6, 6.07) is 65.8. The molecule has 3 nitrogen and oxygen atoms in total. The molecule has 0 saturated carbocycles. The van der Waals surface area contributed by atoms with Crippen molar-refractivity contribution in [3.05, 3.63) is 204 Å². The number of para-hydroxylation sites is 2. The zero-order valence-electron chi connectivity index (χ0n) is 30.5. The molecule has 0 radical (unpaired) electrons. The Morgan fingerprint density at radius 2 is 1.07 bits per heavy atom. The van der Waals surface area contributed by atoms with Crippen LogP contribution < -0.4 is 4.74 Å². The largest absolute Gasteiger partial charge is 0.457 e. The number of nitrogens with zero attached hydrogens (tertiary/aromatic N) is 2. The van der Waals surface area contributed by atoms with Gasteiger partial charge in [-0.25, -0.2) is 9.97 Å². The highest BCUT2D eigenvalue weighted by Crippen LogP contribution is 2.63. The standard InChI is InChI=1S/C53H30N2OS/c1-4-16-35-31(13-1)25-28-44-48(35)40-30-33(26-27-41(40)53(44)42-20-8-10-22-45(42)56-46-23-11-9-21-43(46)53)49-51-50(38-19-7-12-24-47(38)57-51)55-52(54-49)39-29-32-14-2-3-15-34(32)36-17-5-6-18-37(36)39/h1-30H. The van der Waals surface area contributed by atoms with E-state index in [1.54, 1.807) is 11.3 Å². The molecule has 4 heteroatoms. The van der Waals surface area contributed by atoms with Crippen molar-refractivity contribution in [2.75, 3.05) is 0 Å². The fourth-order valence-corrected chi connectivity index (χ4v) is 11.1. The van der Waals surface area contributed by atoms with Crippen LogP contribution in [0.4, 0.5) is 0 Å². The number of fused-ring (bicyclic) bond motifs is 17. The Balaban J connectivity index is 1.14. The molecule has 3 heterocycles. The van der Waals surface area contributed by atoms with E-state index in [1.165, 1.54) is 53.9 Å². The van der Waals surface area contributed by atoms with Crippen molar-refractivity contribution in [1.29, 1.82) is 0 Å². The molecule has 2 aliphatic rings. The molecule has 264 valence electrons. The van der Waals surface area contributed by atoms with Gasteiger partial charge in [0.2, 0.25) is 0 Å². The molecule has 0 fully saturated rings. The Bertz CT molecular complexity index is 3480. The minimum Gasteiger partial charge on any atom is -0.457 e. The molecule has 1 spiro atoms. The maximum absolute atomic E-state index is 6.65. The molecule has 2 aromatic heterocycles. The van der Waals surface area contributed by atoms with Gasteiger partial charge in [0.25, 0.3) is 0 Å². The van der Waals surface area contributed by atoms with Crippen LogP contribution in [0.15, 0.2) is 182 Å². The van der Waals surface area contributed by atoms with Gasteiger partial charge >= 0.3 is 0 Å². The molecule has 57 heavy (non-hydrogen) atoms. The third-order valence-corrected chi connectivity index (χ3v) is 13.5. The van der Waals surface area contributed by atoms with Crippen LogP contribution in [-0.2, 0) is 5.41 Å². The minimum atomic E-state index is -0.563. The smallest absolute Gasteiger partial charge is 0.161 e. The summed E-state index contributed by atoms with van der Waals surface area (Å²) < 4.78 is 8.95. The number of aromatic nitrogens is 2. The Morgan fingerprint density at radius 1 is 0.439 bits per heavy atom. The monoisotopic (exact) mass is 742 g/mol.